The van der Waals surface area contributed by atoms with E-state index in [-0.39, 0.29) is 29.9 Å². The SMILES string of the molecule is CCC(C)NC(=O)C(C)N(Cc1cccc(C)c1)C(=O)COc1ccc(C(C)(C)C)cc1Br. The number of nitrogens with one attached hydrogen (secondary N) is 1. The predicted octanol–water partition coefficient (Wildman–Crippen LogP) is 5.77. The molecule has 33 heavy (non-hydrogen) atoms. The monoisotopic (exact) mass is 516 g/mol. The van der Waals surface area contributed by atoms with Crippen LogP contribution in [0.1, 0.15) is 64.7 Å². The molecule has 2 atom stereocenters. The third-order valence-electron chi connectivity index (χ3n) is 5.75. The molecule has 2 aromatic rings. The number of ether oxygens (including phenoxy) is 1. The summed E-state index contributed by atoms with van der Waals surface area (Å²) in [7, 11) is 0. The van der Waals surface area contributed by atoms with Crippen LogP contribution >= 0.6 is 15.9 Å². The fourth-order valence-corrected chi connectivity index (χ4v) is 3.86. The molecule has 6 heteroatoms. The van der Waals surface area contributed by atoms with E-state index >= 15 is 0 Å². The molecule has 0 aliphatic heterocycles. The highest BCUT2D eigenvalue weighted by Crippen LogP contribution is 2.31. The van der Waals surface area contributed by atoms with Gasteiger partial charge in [-0.25, -0.2) is 0 Å². The minimum absolute atomic E-state index is 0.0138. The normalized spacial score (nSPS) is 13.2. The number of nitrogens with zero attached hydrogens (tertiary/aromatic N) is 1. The van der Waals surface area contributed by atoms with Gasteiger partial charge in [-0.1, -0.05) is 63.6 Å². The Morgan fingerprint density at radius 1 is 1.12 bits per heavy atom. The van der Waals surface area contributed by atoms with Gasteiger partial charge in [0.25, 0.3) is 5.91 Å². The molecule has 1 N–H and O–H groups in total. The molecule has 180 valence electrons. The number of carbonyl (C=O) groups is 2. The zero-order valence-corrected chi connectivity index (χ0v) is 22.5. The van der Waals surface area contributed by atoms with Gasteiger partial charge in [-0.2, -0.15) is 0 Å². The Balaban J connectivity index is 2.19. The number of halogens is 1. The van der Waals surface area contributed by atoms with Crippen molar-refractivity contribution in [3.05, 3.63) is 63.6 Å². The van der Waals surface area contributed by atoms with Crippen LogP contribution in [0.2, 0.25) is 0 Å². The molecule has 2 aromatic carbocycles. The number of amides is 2. The quantitative estimate of drug-likeness (QED) is 0.460. The first kappa shape index (κ1) is 26.9. The van der Waals surface area contributed by atoms with Crippen LogP contribution in [0.25, 0.3) is 0 Å². The lowest BCUT2D eigenvalue weighted by molar-refractivity contribution is -0.142. The van der Waals surface area contributed by atoms with Gasteiger partial charge in [-0.15, -0.1) is 0 Å². The average Bonchev–Trinajstić information content (AvgIpc) is 2.75. The predicted molar refractivity (Wildman–Crippen MR) is 137 cm³/mol. The first-order valence-corrected chi connectivity index (χ1v) is 12.3. The van der Waals surface area contributed by atoms with Gasteiger partial charge >= 0.3 is 0 Å². The molecule has 0 saturated heterocycles. The summed E-state index contributed by atoms with van der Waals surface area (Å²) < 4.78 is 6.67. The second kappa shape index (κ2) is 11.7. The molecule has 5 nitrogen and oxygen atoms in total. The Labute approximate surface area is 207 Å². The maximum Gasteiger partial charge on any atom is 0.261 e. The fourth-order valence-electron chi connectivity index (χ4n) is 3.36. The largest absolute Gasteiger partial charge is 0.483 e. The molecule has 0 aliphatic rings. The molecule has 0 aromatic heterocycles. The third-order valence-corrected chi connectivity index (χ3v) is 6.37. The van der Waals surface area contributed by atoms with E-state index in [1.54, 1.807) is 11.8 Å². The highest BCUT2D eigenvalue weighted by molar-refractivity contribution is 9.10. The molecule has 0 saturated carbocycles. The lowest BCUT2D eigenvalue weighted by atomic mass is 9.87. The lowest BCUT2D eigenvalue weighted by Crippen LogP contribution is -2.50. The molecule has 0 radical (unpaired) electrons. The van der Waals surface area contributed by atoms with Gasteiger partial charge in [-0.05, 0) is 71.8 Å². The smallest absolute Gasteiger partial charge is 0.261 e. The molecule has 2 amide bonds. The summed E-state index contributed by atoms with van der Waals surface area (Å²) in [5.41, 5.74) is 3.27. The van der Waals surface area contributed by atoms with Gasteiger partial charge < -0.3 is 15.0 Å². The van der Waals surface area contributed by atoms with Crippen LogP contribution in [0, 0.1) is 6.92 Å². The molecule has 2 unspecified atom stereocenters. The Kier molecular flexibility index (Phi) is 9.53. The van der Waals surface area contributed by atoms with E-state index in [0.29, 0.717) is 12.3 Å². The van der Waals surface area contributed by atoms with Crippen LogP contribution in [0.3, 0.4) is 0 Å². The average molecular weight is 518 g/mol. The maximum absolute atomic E-state index is 13.3. The second-order valence-electron chi connectivity index (χ2n) is 9.69. The Morgan fingerprint density at radius 3 is 2.39 bits per heavy atom. The number of rotatable bonds is 9. The van der Waals surface area contributed by atoms with E-state index in [1.165, 1.54) is 5.56 Å². The summed E-state index contributed by atoms with van der Waals surface area (Å²) in [6.45, 7) is 14.4. The molecule has 0 heterocycles. The van der Waals surface area contributed by atoms with Crippen molar-refractivity contribution in [2.75, 3.05) is 6.61 Å². The van der Waals surface area contributed by atoms with Crippen LogP contribution in [0.5, 0.6) is 5.75 Å². The van der Waals surface area contributed by atoms with Crippen molar-refractivity contribution < 1.29 is 14.3 Å². The highest BCUT2D eigenvalue weighted by atomic mass is 79.9. The summed E-state index contributed by atoms with van der Waals surface area (Å²) in [4.78, 5) is 27.7. The molecule has 0 fully saturated rings. The van der Waals surface area contributed by atoms with E-state index < -0.39 is 6.04 Å². The van der Waals surface area contributed by atoms with E-state index in [0.717, 1.165) is 22.0 Å². The van der Waals surface area contributed by atoms with Gasteiger partial charge in [0.2, 0.25) is 5.91 Å². The molecule has 0 bridgehead atoms. The van der Waals surface area contributed by atoms with Crippen molar-refractivity contribution in [3.8, 4) is 5.75 Å². The van der Waals surface area contributed by atoms with E-state index in [4.69, 9.17) is 4.74 Å². The van der Waals surface area contributed by atoms with Gasteiger partial charge in [0.05, 0.1) is 4.47 Å². The number of hydrogen-bond acceptors (Lipinski definition) is 3. The van der Waals surface area contributed by atoms with Gasteiger partial charge in [0.1, 0.15) is 11.8 Å². The highest BCUT2D eigenvalue weighted by Gasteiger charge is 2.27. The van der Waals surface area contributed by atoms with Crippen molar-refractivity contribution in [2.45, 2.75) is 78.9 Å². The van der Waals surface area contributed by atoms with Crippen molar-refractivity contribution >= 4 is 27.7 Å². The van der Waals surface area contributed by atoms with Crippen LogP contribution in [0.15, 0.2) is 46.9 Å². The summed E-state index contributed by atoms with van der Waals surface area (Å²) in [5, 5.41) is 2.98. The molecule has 0 spiro atoms. The topological polar surface area (TPSA) is 58.6 Å². The van der Waals surface area contributed by atoms with Crippen LogP contribution in [0.4, 0.5) is 0 Å². The Hall–Kier alpha value is -2.34. The minimum Gasteiger partial charge on any atom is -0.483 e. The van der Waals surface area contributed by atoms with Gasteiger partial charge in [0, 0.05) is 12.6 Å². The number of carbonyl (C=O) groups excluding carboxylic acids is 2. The van der Waals surface area contributed by atoms with Crippen molar-refractivity contribution in [3.63, 3.8) is 0 Å². The summed E-state index contributed by atoms with van der Waals surface area (Å²) in [6.07, 6.45) is 0.825. The minimum atomic E-state index is -0.623. The lowest BCUT2D eigenvalue weighted by Gasteiger charge is -2.30. The zero-order valence-electron chi connectivity index (χ0n) is 20.9. The first-order valence-electron chi connectivity index (χ1n) is 11.5. The van der Waals surface area contributed by atoms with Crippen molar-refractivity contribution in [1.29, 1.82) is 0 Å². The Morgan fingerprint density at radius 2 is 1.82 bits per heavy atom. The molecule has 2 rings (SSSR count). The van der Waals surface area contributed by atoms with E-state index in [1.807, 2.05) is 63.2 Å². The van der Waals surface area contributed by atoms with Crippen molar-refractivity contribution in [1.82, 2.24) is 10.2 Å². The standard InChI is InChI=1S/C27H37BrN2O3/c1-8-19(3)29-26(32)20(4)30(16-21-11-9-10-18(2)14-21)25(31)17-33-24-13-12-22(15-23(24)28)27(5,6)7/h9-15,19-20H,8,16-17H2,1-7H3,(H,29,32). The maximum atomic E-state index is 13.3. The van der Waals surface area contributed by atoms with Crippen LogP contribution in [-0.4, -0.2) is 35.4 Å². The fraction of sp³-hybridized carbons (Fsp3) is 0.481. The number of aryl methyl sites for hydroxylation is 1. The number of benzene rings is 2. The van der Waals surface area contributed by atoms with Crippen molar-refractivity contribution in [2.24, 2.45) is 0 Å². The van der Waals surface area contributed by atoms with Crippen LogP contribution in [-0.2, 0) is 21.5 Å². The van der Waals surface area contributed by atoms with Gasteiger partial charge in [-0.3, -0.25) is 9.59 Å². The Bertz CT molecular complexity index is 968. The third kappa shape index (κ3) is 7.88. The molecule has 0 aliphatic carbocycles. The summed E-state index contributed by atoms with van der Waals surface area (Å²) >= 11 is 3.56. The second-order valence-corrected chi connectivity index (χ2v) is 10.5. The molecular formula is C27H37BrN2O3. The summed E-state index contributed by atoms with van der Waals surface area (Å²) in [6, 6.07) is 13.3. The first-order chi connectivity index (χ1) is 15.4. The zero-order chi connectivity index (χ0) is 24.8. The van der Waals surface area contributed by atoms with E-state index in [2.05, 4.69) is 42.0 Å². The number of hydrogen-bond donors (Lipinski definition) is 1. The van der Waals surface area contributed by atoms with Gasteiger partial charge in [0.15, 0.2) is 6.61 Å². The van der Waals surface area contributed by atoms with Crippen LogP contribution < -0.4 is 10.1 Å². The molecular weight excluding hydrogens is 480 g/mol. The summed E-state index contributed by atoms with van der Waals surface area (Å²) in [5.74, 6) is 0.194. The van der Waals surface area contributed by atoms with E-state index in [9.17, 15) is 9.59 Å².